The fourth-order valence-corrected chi connectivity index (χ4v) is 3.36. The number of phenolic OH excluding ortho intramolecular Hbond substituents is 1. The Labute approximate surface area is 196 Å². The van der Waals surface area contributed by atoms with E-state index >= 15 is 0 Å². The van der Waals surface area contributed by atoms with E-state index in [-0.39, 0.29) is 28.7 Å². The quantitative estimate of drug-likeness (QED) is 0.352. The monoisotopic (exact) mass is 447 g/mol. The molecule has 0 heterocycles. The van der Waals surface area contributed by atoms with Gasteiger partial charge in [-0.25, -0.2) is 0 Å². The van der Waals surface area contributed by atoms with Crippen molar-refractivity contribution in [3.8, 4) is 11.8 Å². The molecule has 0 fully saturated rings. The van der Waals surface area contributed by atoms with Crippen molar-refractivity contribution in [2.45, 2.75) is 65.2 Å². The first-order valence-electron chi connectivity index (χ1n) is 11.0. The maximum atomic E-state index is 12.3. The summed E-state index contributed by atoms with van der Waals surface area (Å²) in [5.74, 6) is -0.753. The fourth-order valence-electron chi connectivity index (χ4n) is 3.36. The van der Waals surface area contributed by atoms with E-state index < -0.39 is 5.91 Å². The number of nitrogens with zero attached hydrogens (tertiary/aromatic N) is 1. The molecular weight excluding hydrogens is 414 g/mol. The van der Waals surface area contributed by atoms with Crippen LogP contribution >= 0.6 is 0 Å². The van der Waals surface area contributed by atoms with E-state index in [1.165, 1.54) is 6.08 Å². The molecule has 2 aromatic carbocycles. The van der Waals surface area contributed by atoms with Crippen LogP contribution in [-0.2, 0) is 26.8 Å². The molecule has 6 nitrogen and oxygen atoms in total. The van der Waals surface area contributed by atoms with E-state index in [1.807, 2.05) is 65.8 Å². The predicted molar refractivity (Wildman–Crippen MR) is 130 cm³/mol. The summed E-state index contributed by atoms with van der Waals surface area (Å²) >= 11 is 0. The summed E-state index contributed by atoms with van der Waals surface area (Å²) in [6.45, 7) is 12.2. The van der Waals surface area contributed by atoms with Crippen LogP contribution in [0.15, 0.2) is 48.0 Å². The van der Waals surface area contributed by atoms with Crippen LogP contribution in [0.5, 0.6) is 5.75 Å². The van der Waals surface area contributed by atoms with Gasteiger partial charge in [-0.3, -0.25) is 20.4 Å². The minimum Gasteiger partial charge on any atom is -0.507 e. The zero-order valence-corrected chi connectivity index (χ0v) is 20.2. The highest BCUT2D eigenvalue weighted by Crippen LogP contribution is 2.39. The van der Waals surface area contributed by atoms with Gasteiger partial charge in [0.1, 0.15) is 17.4 Å². The second-order valence-corrected chi connectivity index (χ2v) is 10.1. The minimum absolute atomic E-state index is 0.107. The number of aryl methyl sites for hydroxylation is 1. The Bertz CT molecular complexity index is 1050. The first-order chi connectivity index (χ1) is 15.3. The third kappa shape index (κ3) is 7.21. The van der Waals surface area contributed by atoms with Crippen LogP contribution in [0.4, 0.5) is 0 Å². The lowest BCUT2D eigenvalue weighted by molar-refractivity contribution is -0.126. The van der Waals surface area contributed by atoms with Crippen molar-refractivity contribution in [1.82, 2.24) is 10.9 Å². The Morgan fingerprint density at radius 3 is 2.00 bits per heavy atom. The van der Waals surface area contributed by atoms with Gasteiger partial charge in [0.05, 0.1) is 0 Å². The van der Waals surface area contributed by atoms with E-state index in [4.69, 9.17) is 0 Å². The molecule has 0 atom stereocenters. The molecule has 0 saturated heterocycles. The lowest BCUT2D eigenvalue weighted by atomic mass is 9.78. The molecule has 3 N–H and O–H groups in total. The summed E-state index contributed by atoms with van der Waals surface area (Å²) in [7, 11) is 0. The second kappa shape index (κ2) is 10.4. The Hall–Kier alpha value is -3.59. The zero-order valence-electron chi connectivity index (χ0n) is 20.2. The van der Waals surface area contributed by atoms with Gasteiger partial charge in [-0.1, -0.05) is 84.0 Å². The number of hydrazine groups is 1. The van der Waals surface area contributed by atoms with Crippen LogP contribution in [0.1, 0.15) is 70.2 Å². The number of carbonyl (C=O) groups excluding carboxylic acids is 2. The number of hydrogen-bond acceptors (Lipinski definition) is 4. The molecular formula is C27H33N3O3. The van der Waals surface area contributed by atoms with E-state index in [1.54, 1.807) is 24.3 Å². The number of nitrogens with one attached hydrogen (secondary N) is 2. The smallest absolute Gasteiger partial charge is 0.280 e. The maximum absolute atomic E-state index is 12.3. The molecule has 0 radical (unpaired) electrons. The molecule has 0 saturated carbocycles. The third-order valence-electron chi connectivity index (χ3n) is 5.22. The maximum Gasteiger partial charge on any atom is 0.280 e. The molecule has 0 aliphatic rings. The number of hydrogen-bond donors (Lipinski definition) is 3. The van der Waals surface area contributed by atoms with Crippen LogP contribution in [0.25, 0.3) is 6.08 Å². The molecule has 33 heavy (non-hydrogen) atoms. The van der Waals surface area contributed by atoms with Crippen molar-refractivity contribution in [3.05, 3.63) is 70.3 Å². The van der Waals surface area contributed by atoms with Crippen molar-refractivity contribution >= 4 is 17.9 Å². The van der Waals surface area contributed by atoms with Gasteiger partial charge < -0.3 is 5.11 Å². The van der Waals surface area contributed by atoms with Gasteiger partial charge in [0.15, 0.2) is 0 Å². The molecule has 0 spiro atoms. The number of phenols is 1. The van der Waals surface area contributed by atoms with Crippen LogP contribution < -0.4 is 10.9 Å². The van der Waals surface area contributed by atoms with Crippen molar-refractivity contribution in [2.24, 2.45) is 0 Å². The summed E-state index contributed by atoms with van der Waals surface area (Å²) in [6, 6.07) is 14.7. The van der Waals surface area contributed by atoms with Crippen molar-refractivity contribution in [3.63, 3.8) is 0 Å². The number of nitriles is 1. The molecule has 0 aliphatic carbocycles. The second-order valence-electron chi connectivity index (χ2n) is 10.1. The minimum atomic E-state index is -0.677. The summed E-state index contributed by atoms with van der Waals surface area (Å²) in [5, 5.41) is 20.1. The zero-order chi connectivity index (χ0) is 24.8. The van der Waals surface area contributed by atoms with Crippen LogP contribution in [0.2, 0.25) is 0 Å². The fraction of sp³-hybridized carbons (Fsp3) is 0.370. The van der Waals surface area contributed by atoms with Gasteiger partial charge in [-0.2, -0.15) is 5.26 Å². The van der Waals surface area contributed by atoms with E-state index in [9.17, 15) is 20.0 Å². The molecule has 0 aliphatic heterocycles. The summed E-state index contributed by atoms with van der Waals surface area (Å²) < 4.78 is 0. The number of benzene rings is 2. The Morgan fingerprint density at radius 2 is 1.52 bits per heavy atom. The SMILES string of the molecule is CC(C)(C)c1cc(CCC(=O)NNC(=O)/C(C#N)=C/c2ccccc2)cc(C(C)(C)C)c1O. The number of aromatic hydroxyl groups is 1. The third-order valence-corrected chi connectivity index (χ3v) is 5.22. The first kappa shape index (κ1) is 25.7. The lowest BCUT2D eigenvalue weighted by Crippen LogP contribution is -2.42. The van der Waals surface area contributed by atoms with E-state index in [0.717, 1.165) is 16.7 Å². The van der Waals surface area contributed by atoms with Gasteiger partial charge in [-0.05, 0) is 45.6 Å². The molecule has 6 heteroatoms. The molecule has 2 aromatic rings. The first-order valence-corrected chi connectivity index (χ1v) is 11.0. The van der Waals surface area contributed by atoms with Gasteiger partial charge in [0.25, 0.3) is 5.91 Å². The highest BCUT2D eigenvalue weighted by molar-refractivity contribution is 6.02. The molecule has 2 amide bonds. The normalized spacial score (nSPS) is 12.1. The number of rotatable bonds is 5. The van der Waals surface area contributed by atoms with Crippen molar-refractivity contribution in [2.75, 3.05) is 0 Å². The van der Waals surface area contributed by atoms with Crippen molar-refractivity contribution < 1.29 is 14.7 Å². The Kier molecular flexibility index (Phi) is 8.05. The average Bonchev–Trinajstić information content (AvgIpc) is 2.74. The molecule has 0 aromatic heterocycles. The highest BCUT2D eigenvalue weighted by atomic mass is 16.3. The number of amides is 2. The summed E-state index contributed by atoms with van der Waals surface area (Å²) in [4.78, 5) is 24.6. The van der Waals surface area contributed by atoms with Gasteiger partial charge >= 0.3 is 0 Å². The van der Waals surface area contributed by atoms with Gasteiger partial charge in [-0.15, -0.1) is 0 Å². The van der Waals surface area contributed by atoms with E-state index in [2.05, 4.69) is 10.9 Å². The molecule has 174 valence electrons. The molecule has 0 unspecified atom stereocenters. The molecule has 0 bridgehead atoms. The largest absolute Gasteiger partial charge is 0.507 e. The standard InChI is InChI=1S/C27H33N3O3/c1-26(2,3)21-15-19(16-22(24(21)32)27(4,5)6)12-13-23(31)29-30-25(33)20(17-28)14-18-10-8-7-9-11-18/h7-11,14-16,32H,12-13H2,1-6H3,(H,29,31)(H,30,33)/b20-14+. The predicted octanol–water partition coefficient (Wildman–Crippen LogP) is 4.67. The molecule has 2 rings (SSSR count). The van der Waals surface area contributed by atoms with Crippen LogP contribution in [-0.4, -0.2) is 16.9 Å². The van der Waals surface area contributed by atoms with E-state index in [0.29, 0.717) is 17.7 Å². The highest BCUT2D eigenvalue weighted by Gasteiger charge is 2.26. The van der Waals surface area contributed by atoms with Crippen LogP contribution in [0.3, 0.4) is 0 Å². The average molecular weight is 448 g/mol. The van der Waals surface area contributed by atoms with Crippen molar-refractivity contribution in [1.29, 1.82) is 5.26 Å². The van der Waals surface area contributed by atoms with Gasteiger partial charge in [0, 0.05) is 6.42 Å². The summed E-state index contributed by atoms with van der Waals surface area (Å²) in [5.41, 5.74) is 7.38. The lowest BCUT2D eigenvalue weighted by Gasteiger charge is -2.28. The van der Waals surface area contributed by atoms with Crippen LogP contribution in [0, 0.1) is 11.3 Å². The summed E-state index contributed by atoms with van der Waals surface area (Å²) in [6.07, 6.45) is 2.04. The topological polar surface area (TPSA) is 102 Å². The van der Waals surface area contributed by atoms with Gasteiger partial charge in [0.2, 0.25) is 5.91 Å². The Balaban J connectivity index is 2.07. The Morgan fingerprint density at radius 1 is 0.970 bits per heavy atom. The number of carbonyl (C=O) groups is 2.